The van der Waals surface area contributed by atoms with Crippen LogP contribution in [0.1, 0.15) is 12.6 Å². The van der Waals surface area contributed by atoms with Crippen molar-refractivity contribution >= 4 is 22.6 Å². The first-order chi connectivity index (χ1) is 6.24. The van der Waals surface area contributed by atoms with E-state index in [4.69, 9.17) is 11.6 Å². The lowest BCUT2D eigenvalue weighted by Gasteiger charge is -1.98. The fourth-order valence-electron chi connectivity index (χ4n) is 1.49. The van der Waals surface area contributed by atoms with Crippen LogP contribution in [0.15, 0.2) is 12.5 Å². The molecule has 0 saturated carbocycles. The van der Waals surface area contributed by atoms with Gasteiger partial charge >= 0.3 is 0 Å². The first-order valence-electron chi connectivity index (χ1n) is 4.18. The van der Waals surface area contributed by atoms with Crippen LogP contribution in [0.4, 0.5) is 0 Å². The highest BCUT2D eigenvalue weighted by Crippen LogP contribution is 2.25. The minimum absolute atomic E-state index is 0.731. The van der Waals surface area contributed by atoms with Gasteiger partial charge in [-0.05, 0) is 6.42 Å². The van der Waals surface area contributed by atoms with Crippen LogP contribution < -0.4 is 0 Å². The van der Waals surface area contributed by atoms with Gasteiger partial charge in [-0.15, -0.1) is 0 Å². The van der Waals surface area contributed by atoms with E-state index in [-0.39, 0.29) is 0 Å². The van der Waals surface area contributed by atoms with E-state index in [1.165, 1.54) is 0 Å². The largest absolute Gasteiger partial charge is 0.334 e. The van der Waals surface area contributed by atoms with Crippen molar-refractivity contribution in [3.8, 4) is 0 Å². The van der Waals surface area contributed by atoms with Crippen molar-refractivity contribution in [3.05, 3.63) is 23.2 Å². The van der Waals surface area contributed by atoms with Crippen LogP contribution >= 0.6 is 11.6 Å². The first kappa shape index (κ1) is 8.51. The molecule has 3 nitrogen and oxygen atoms in total. The van der Waals surface area contributed by atoms with Crippen molar-refractivity contribution in [2.75, 3.05) is 0 Å². The van der Waals surface area contributed by atoms with Gasteiger partial charge in [-0.2, -0.15) is 0 Å². The number of hydrogen-bond donors (Lipinski definition) is 0. The lowest BCUT2D eigenvalue weighted by Crippen LogP contribution is -1.93. The minimum Gasteiger partial charge on any atom is -0.334 e. The van der Waals surface area contributed by atoms with Crippen LogP contribution in [0, 0.1) is 0 Å². The molecule has 0 atom stereocenters. The number of aromatic nitrogens is 3. The third-order valence-electron chi connectivity index (χ3n) is 2.12. The Bertz CT molecular complexity index is 447. The van der Waals surface area contributed by atoms with E-state index in [0.29, 0.717) is 0 Å². The Morgan fingerprint density at radius 2 is 2.23 bits per heavy atom. The summed E-state index contributed by atoms with van der Waals surface area (Å²) < 4.78 is 1.92. The number of nitrogens with zero attached hydrogens (tertiary/aromatic N) is 3. The summed E-state index contributed by atoms with van der Waals surface area (Å²) in [5, 5.41) is 1.71. The zero-order valence-corrected chi connectivity index (χ0v) is 8.34. The summed E-state index contributed by atoms with van der Waals surface area (Å²) in [5.41, 5.74) is 1.91. The number of rotatable bonds is 1. The zero-order valence-electron chi connectivity index (χ0n) is 7.58. The molecule has 0 unspecified atom stereocenters. The lowest BCUT2D eigenvalue weighted by atomic mass is 10.2. The van der Waals surface area contributed by atoms with Gasteiger partial charge in [-0.25, -0.2) is 9.97 Å². The molecule has 2 rings (SSSR count). The maximum atomic E-state index is 6.06. The van der Waals surface area contributed by atoms with Crippen LogP contribution in [0.2, 0.25) is 5.02 Å². The van der Waals surface area contributed by atoms with Gasteiger partial charge in [-0.3, -0.25) is 0 Å². The van der Waals surface area contributed by atoms with Gasteiger partial charge in [-0.1, -0.05) is 18.5 Å². The van der Waals surface area contributed by atoms with Crippen LogP contribution in [0.3, 0.4) is 0 Å². The third kappa shape index (κ3) is 1.20. The molecule has 68 valence electrons. The second kappa shape index (κ2) is 3.00. The molecule has 13 heavy (non-hydrogen) atoms. The molecule has 2 heterocycles. The average Bonchev–Trinajstić information content (AvgIpc) is 2.43. The Hall–Kier alpha value is -1.09. The normalized spacial score (nSPS) is 11.0. The molecule has 0 amide bonds. The molecule has 0 fully saturated rings. The standard InChI is InChI=1S/C9H10ClN3/c1-3-7-8-6(10)4-13(2)9(8)12-5-11-7/h4-5H,3H2,1-2H3. The number of aryl methyl sites for hydroxylation is 2. The molecule has 0 saturated heterocycles. The monoisotopic (exact) mass is 195 g/mol. The van der Waals surface area contributed by atoms with Gasteiger partial charge in [0.1, 0.15) is 12.0 Å². The van der Waals surface area contributed by atoms with E-state index in [1.54, 1.807) is 6.33 Å². The molecule has 0 aliphatic carbocycles. The minimum atomic E-state index is 0.731. The highest BCUT2D eigenvalue weighted by molar-refractivity contribution is 6.35. The van der Waals surface area contributed by atoms with Gasteiger partial charge < -0.3 is 4.57 Å². The molecule has 2 aromatic rings. The Labute approximate surface area is 81.4 Å². The molecule has 0 spiro atoms. The predicted molar refractivity (Wildman–Crippen MR) is 52.9 cm³/mol. The first-order valence-corrected chi connectivity index (χ1v) is 4.56. The van der Waals surface area contributed by atoms with Gasteiger partial charge in [0.2, 0.25) is 0 Å². The fraction of sp³-hybridized carbons (Fsp3) is 0.333. The molecule has 4 heteroatoms. The summed E-state index contributed by atoms with van der Waals surface area (Å²) in [6, 6.07) is 0. The Morgan fingerprint density at radius 1 is 1.46 bits per heavy atom. The Kier molecular flexibility index (Phi) is 1.96. The zero-order chi connectivity index (χ0) is 9.42. The molecule has 0 aromatic carbocycles. The van der Waals surface area contributed by atoms with Gasteiger partial charge in [0.05, 0.1) is 16.1 Å². The average molecular weight is 196 g/mol. The van der Waals surface area contributed by atoms with E-state index < -0.39 is 0 Å². The number of fused-ring (bicyclic) bond motifs is 1. The second-order valence-corrected chi connectivity index (χ2v) is 3.37. The van der Waals surface area contributed by atoms with E-state index >= 15 is 0 Å². The van der Waals surface area contributed by atoms with E-state index in [0.717, 1.165) is 28.2 Å². The summed E-state index contributed by atoms with van der Waals surface area (Å²) in [6.45, 7) is 2.06. The maximum absolute atomic E-state index is 6.06. The highest BCUT2D eigenvalue weighted by Gasteiger charge is 2.09. The Morgan fingerprint density at radius 3 is 2.92 bits per heavy atom. The Balaban J connectivity index is 2.88. The topological polar surface area (TPSA) is 30.7 Å². The van der Waals surface area contributed by atoms with E-state index in [1.807, 2.05) is 17.8 Å². The van der Waals surface area contributed by atoms with Crippen molar-refractivity contribution in [1.82, 2.24) is 14.5 Å². The number of halogens is 1. The third-order valence-corrected chi connectivity index (χ3v) is 2.41. The van der Waals surface area contributed by atoms with E-state index in [9.17, 15) is 0 Å². The summed E-state index contributed by atoms with van der Waals surface area (Å²) in [6.07, 6.45) is 4.32. The molecule has 0 N–H and O–H groups in total. The summed E-state index contributed by atoms with van der Waals surface area (Å²) in [7, 11) is 1.93. The van der Waals surface area contributed by atoms with Crippen molar-refractivity contribution in [2.45, 2.75) is 13.3 Å². The lowest BCUT2D eigenvalue weighted by molar-refractivity contribution is 0.935. The summed E-state index contributed by atoms with van der Waals surface area (Å²) >= 11 is 6.06. The molecular formula is C9H10ClN3. The highest BCUT2D eigenvalue weighted by atomic mass is 35.5. The van der Waals surface area contributed by atoms with Crippen LogP contribution in [-0.2, 0) is 13.5 Å². The molecule has 0 radical (unpaired) electrons. The predicted octanol–water partition coefficient (Wildman–Crippen LogP) is 2.18. The van der Waals surface area contributed by atoms with Crippen molar-refractivity contribution in [3.63, 3.8) is 0 Å². The molecule has 0 bridgehead atoms. The number of hydrogen-bond acceptors (Lipinski definition) is 2. The smallest absolute Gasteiger partial charge is 0.144 e. The van der Waals surface area contributed by atoms with Crippen LogP contribution in [0.25, 0.3) is 11.0 Å². The van der Waals surface area contributed by atoms with E-state index in [2.05, 4.69) is 16.9 Å². The van der Waals surface area contributed by atoms with Gasteiger partial charge in [0.25, 0.3) is 0 Å². The van der Waals surface area contributed by atoms with Crippen molar-refractivity contribution in [2.24, 2.45) is 7.05 Å². The second-order valence-electron chi connectivity index (χ2n) is 2.96. The SMILES string of the molecule is CCc1ncnc2c1c(Cl)cn2C. The molecule has 0 aliphatic rings. The van der Waals surface area contributed by atoms with Gasteiger partial charge in [0.15, 0.2) is 0 Å². The quantitative estimate of drug-likeness (QED) is 0.699. The van der Waals surface area contributed by atoms with Crippen molar-refractivity contribution in [1.29, 1.82) is 0 Å². The summed E-state index contributed by atoms with van der Waals surface area (Å²) in [4.78, 5) is 8.37. The van der Waals surface area contributed by atoms with Gasteiger partial charge in [0, 0.05) is 13.2 Å². The van der Waals surface area contributed by atoms with Crippen molar-refractivity contribution < 1.29 is 0 Å². The molecular weight excluding hydrogens is 186 g/mol. The summed E-state index contributed by atoms with van der Waals surface area (Å²) in [5.74, 6) is 0. The van der Waals surface area contributed by atoms with Crippen LogP contribution in [-0.4, -0.2) is 14.5 Å². The van der Waals surface area contributed by atoms with Crippen LogP contribution in [0.5, 0.6) is 0 Å². The fourth-order valence-corrected chi connectivity index (χ4v) is 1.83. The molecule has 0 aliphatic heterocycles. The maximum Gasteiger partial charge on any atom is 0.144 e. The molecule has 2 aromatic heterocycles.